The van der Waals surface area contributed by atoms with E-state index in [-0.39, 0.29) is 28.3 Å². The van der Waals surface area contributed by atoms with E-state index in [2.05, 4.69) is 5.32 Å². The van der Waals surface area contributed by atoms with Crippen molar-refractivity contribution >= 4 is 25.8 Å². The zero-order valence-corrected chi connectivity index (χ0v) is 18.7. The zero-order chi connectivity index (χ0) is 21.9. The fourth-order valence-corrected chi connectivity index (χ4v) is 5.81. The smallest absolute Gasteiger partial charge is 0.251 e. The normalized spacial score (nSPS) is 18.1. The summed E-state index contributed by atoms with van der Waals surface area (Å²) in [6.07, 6.45) is 3.88. The van der Waals surface area contributed by atoms with Gasteiger partial charge in [0.1, 0.15) is 0 Å². The van der Waals surface area contributed by atoms with Gasteiger partial charge in [-0.25, -0.2) is 16.8 Å². The van der Waals surface area contributed by atoms with E-state index in [0.717, 1.165) is 31.1 Å². The van der Waals surface area contributed by atoms with Crippen LogP contribution in [-0.2, 0) is 26.4 Å². The van der Waals surface area contributed by atoms with E-state index in [4.69, 9.17) is 0 Å². The largest absolute Gasteiger partial charge is 0.348 e. The highest BCUT2D eigenvalue weighted by molar-refractivity contribution is 7.90. The molecule has 0 spiro atoms. The van der Waals surface area contributed by atoms with E-state index in [1.807, 2.05) is 6.92 Å². The molecule has 0 saturated carbocycles. The number of benzene rings is 2. The minimum atomic E-state index is -3.57. The Hall–Kier alpha value is -2.23. The van der Waals surface area contributed by atoms with E-state index in [9.17, 15) is 21.6 Å². The van der Waals surface area contributed by atoms with Crippen LogP contribution in [0, 0.1) is 0 Å². The molecule has 1 aliphatic rings. The van der Waals surface area contributed by atoms with Crippen LogP contribution in [0.5, 0.6) is 0 Å². The van der Waals surface area contributed by atoms with Crippen molar-refractivity contribution in [2.45, 2.75) is 48.6 Å². The molecule has 7 nitrogen and oxygen atoms in total. The molecule has 1 amide bonds. The highest BCUT2D eigenvalue weighted by Crippen LogP contribution is 2.25. The van der Waals surface area contributed by atoms with Gasteiger partial charge >= 0.3 is 0 Å². The van der Waals surface area contributed by atoms with E-state index >= 15 is 0 Å². The number of carbonyl (C=O) groups is 1. The number of carbonyl (C=O) groups excluding carboxylic acids is 1. The number of rotatable bonds is 6. The van der Waals surface area contributed by atoms with Gasteiger partial charge in [-0.15, -0.1) is 0 Å². The Morgan fingerprint density at radius 2 is 1.57 bits per heavy atom. The van der Waals surface area contributed by atoms with Gasteiger partial charge in [-0.05, 0) is 61.7 Å². The summed E-state index contributed by atoms with van der Waals surface area (Å²) in [7, 11) is -6.83. The average molecular weight is 451 g/mol. The Morgan fingerprint density at radius 3 is 2.13 bits per heavy atom. The maximum Gasteiger partial charge on any atom is 0.251 e. The molecule has 3 rings (SSSR count). The summed E-state index contributed by atoms with van der Waals surface area (Å²) < 4.78 is 50.3. The molecule has 1 unspecified atom stereocenters. The van der Waals surface area contributed by atoms with Gasteiger partial charge in [-0.1, -0.05) is 18.6 Å². The first-order valence-corrected chi connectivity index (χ1v) is 13.1. The molecule has 1 heterocycles. The molecule has 1 aliphatic heterocycles. The first-order valence-electron chi connectivity index (χ1n) is 9.78. The minimum Gasteiger partial charge on any atom is -0.348 e. The Morgan fingerprint density at radius 1 is 0.967 bits per heavy atom. The molecule has 2 aromatic rings. The Balaban J connectivity index is 1.65. The maximum absolute atomic E-state index is 12.9. The SMILES string of the molecule is CC1CCCCN1S(=O)(=O)c1ccc(C(=O)NCc2ccc(S(C)(=O)=O)cc2)cc1. The van der Waals surface area contributed by atoms with Crippen molar-refractivity contribution in [3.63, 3.8) is 0 Å². The summed E-state index contributed by atoms with van der Waals surface area (Å²) >= 11 is 0. The molecular weight excluding hydrogens is 424 g/mol. The van der Waals surface area contributed by atoms with Gasteiger partial charge in [0.2, 0.25) is 10.0 Å². The number of nitrogens with one attached hydrogen (secondary N) is 1. The van der Waals surface area contributed by atoms with Gasteiger partial charge < -0.3 is 5.32 Å². The first-order chi connectivity index (χ1) is 14.1. The van der Waals surface area contributed by atoms with Crippen LogP contribution in [0.1, 0.15) is 42.1 Å². The molecule has 2 aromatic carbocycles. The lowest BCUT2D eigenvalue weighted by Gasteiger charge is -2.32. The van der Waals surface area contributed by atoms with Crippen LogP contribution in [-0.4, -0.2) is 45.9 Å². The number of sulfonamides is 1. The van der Waals surface area contributed by atoms with Gasteiger partial charge in [-0.2, -0.15) is 4.31 Å². The summed E-state index contributed by atoms with van der Waals surface area (Å²) in [5.74, 6) is -0.336. The van der Waals surface area contributed by atoms with Crippen molar-refractivity contribution in [2.24, 2.45) is 0 Å². The van der Waals surface area contributed by atoms with Crippen molar-refractivity contribution in [3.8, 4) is 0 Å². The molecule has 0 aromatic heterocycles. The molecule has 0 bridgehead atoms. The summed E-state index contributed by atoms with van der Waals surface area (Å²) in [6, 6.07) is 12.2. The molecule has 162 valence electrons. The molecular formula is C21H26N2O5S2. The van der Waals surface area contributed by atoms with Crippen LogP contribution in [0.15, 0.2) is 58.3 Å². The van der Waals surface area contributed by atoms with E-state index in [0.29, 0.717) is 12.1 Å². The van der Waals surface area contributed by atoms with Crippen molar-refractivity contribution < 1.29 is 21.6 Å². The number of nitrogens with zero attached hydrogens (tertiary/aromatic N) is 1. The van der Waals surface area contributed by atoms with E-state index in [1.54, 1.807) is 12.1 Å². The number of piperidine rings is 1. The maximum atomic E-state index is 12.9. The van der Waals surface area contributed by atoms with Crippen LogP contribution in [0.25, 0.3) is 0 Å². The zero-order valence-electron chi connectivity index (χ0n) is 17.0. The molecule has 1 N–H and O–H groups in total. The van der Waals surface area contributed by atoms with Crippen molar-refractivity contribution in [3.05, 3.63) is 59.7 Å². The third-order valence-corrected chi connectivity index (χ3v) is 8.43. The third kappa shape index (κ3) is 5.08. The molecule has 9 heteroatoms. The lowest BCUT2D eigenvalue weighted by atomic mass is 10.1. The van der Waals surface area contributed by atoms with Gasteiger partial charge in [0.25, 0.3) is 5.91 Å². The predicted octanol–water partition coefficient (Wildman–Crippen LogP) is 2.58. The highest BCUT2D eigenvalue weighted by atomic mass is 32.2. The van der Waals surface area contributed by atoms with Gasteiger partial charge in [-0.3, -0.25) is 4.79 Å². The summed E-state index contributed by atoms with van der Waals surface area (Å²) in [6.45, 7) is 2.67. The second-order valence-corrected chi connectivity index (χ2v) is 11.5. The van der Waals surface area contributed by atoms with Gasteiger partial charge in [0, 0.05) is 31.0 Å². The third-order valence-electron chi connectivity index (χ3n) is 5.27. The minimum absolute atomic E-state index is 0.0270. The Labute approximate surface area is 178 Å². The predicted molar refractivity (Wildman–Crippen MR) is 114 cm³/mol. The van der Waals surface area contributed by atoms with E-state index in [1.165, 1.54) is 40.7 Å². The van der Waals surface area contributed by atoms with Crippen molar-refractivity contribution in [1.82, 2.24) is 9.62 Å². The highest BCUT2D eigenvalue weighted by Gasteiger charge is 2.30. The Bertz CT molecular complexity index is 1110. The second kappa shape index (κ2) is 8.87. The molecule has 0 radical (unpaired) electrons. The van der Waals surface area contributed by atoms with Crippen LogP contribution in [0.4, 0.5) is 0 Å². The lowest BCUT2D eigenvalue weighted by molar-refractivity contribution is 0.0950. The topological polar surface area (TPSA) is 101 Å². The van der Waals surface area contributed by atoms with Gasteiger partial charge in [0.15, 0.2) is 9.84 Å². The summed E-state index contributed by atoms with van der Waals surface area (Å²) in [4.78, 5) is 12.8. The monoisotopic (exact) mass is 450 g/mol. The van der Waals surface area contributed by atoms with Crippen molar-refractivity contribution in [2.75, 3.05) is 12.8 Å². The standard InChI is InChI=1S/C21H26N2O5S2/c1-16-5-3-4-14-23(16)30(27,28)20-12-8-18(9-13-20)21(24)22-15-17-6-10-19(11-7-17)29(2,25)26/h6-13,16H,3-5,14-15H2,1-2H3,(H,22,24). The quantitative estimate of drug-likeness (QED) is 0.729. The summed E-state index contributed by atoms with van der Waals surface area (Å²) in [5.41, 5.74) is 1.11. The second-order valence-electron chi connectivity index (χ2n) is 7.58. The van der Waals surface area contributed by atoms with Crippen LogP contribution < -0.4 is 5.32 Å². The fraction of sp³-hybridized carbons (Fsp3) is 0.381. The number of amides is 1. The molecule has 30 heavy (non-hydrogen) atoms. The van der Waals surface area contributed by atoms with E-state index < -0.39 is 19.9 Å². The first kappa shape index (κ1) is 22.5. The Kier molecular flexibility index (Phi) is 6.64. The van der Waals surface area contributed by atoms with Crippen LogP contribution >= 0.6 is 0 Å². The number of hydrogen-bond acceptors (Lipinski definition) is 5. The number of hydrogen-bond donors (Lipinski definition) is 1. The fourth-order valence-electron chi connectivity index (χ4n) is 3.48. The van der Waals surface area contributed by atoms with Crippen LogP contribution in [0.2, 0.25) is 0 Å². The molecule has 1 fully saturated rings. The molecule has 1 saturated heterocycles. The van der Waals surface area contributed by atoms with Crippen LogP contribution in [0.3, 0.4) is 0 Å². The van der Waals surface area contributed by atoms with Crippen molar-refractivity contribution in [1.29, 1.82) is 0 Å². The molecule has 1 atom stereocenters. The average Bonchev–Trinajstić information content (AvgIpc) is 2.72. The van der Waals surface area contributed by atoms with Gasteiger partial charge in [0.05, 0.1) is 9.79 Å². The molecule has 0 aliphatic carbocycles. The lowest BCUT2D eigenvalue weighted by Crippen LogP contribution is -2.41. The number of sulfone groups is 1. The summed E-state index contributed by atoms with van der Waals surface area (Å²) in [5, 5.41) is 2.75.